The van der Waals surface area contributed by atoms with E-state index in [4.69, 9.17) is 5.73 Å². The summed E-state index contributed by atoms with van der Waals surface area (Å²) in [5, 5.41) is 0. The van der Waals surface area contributed by atoms with Gasteiger partial charge in [-0.2, -0.15) is 0 Å². The molecular weight excluding hydrogens is 212 g/mol. The third-order valence-electron chi connectivity index (χ3n) is 4.13. The maximum atomic E-state index is 12.2. The van der Waals surface area contributed by atoms with Gasteiger partial charge in [-0.1, -0.05) is 32.4 Å². The summed E-state index contributed by atoms with van der Waals surface area (Å²) in [6.45, 7) is 8.26. The summed E-state index contributed by atoms with van der Waals surface area (Å²) in [6.07, 6.45) is 6.02. The van der Waals surface area contributed by atoms with Crippen LogP contribution in [0.1, 0.15) is 46.5 Å². The molecule has 17 heavy (non-hydrogen) atoms. The third kappa shape index (κ3) is 2.39. The fourth-order valence-electron chi connectivity index (χ4n) is 2.62. The van der Waals surface area contributed by atoms with Crippen molar-refractivity contribution in [3.63, 3.8) is 0 Å². The van der Waals surface area contributed by atoms with E-state index >= 15 is 0 Å². The van der Waals surface area contributed by atoms with Crippen LogP contribution in [0.15, 0.2) is 11.6 Å². The highest BCUT2D eigenvalue weighted by Crippen LogP contribution is 2.34. The summed E-state index contributed by atoms with van der Waals surface area (Å²) in [7, 11) is 0. The lowest BCUT2D eigenvalue weighted by Gasteiger charge is -2.42. The molecule has 0 atom stereocenters. The molecule has 0 radical (unpaired) electrons. The third-order valence-corrected chi connectivity index (χ3v) is 4.13. The van der Waals surface area contributed by atoms with Crippen molar-refractivity contribution in [2.45, 2.75) is 52.0 Å². The number of rotatable bonds is 1. The predicted octanol–water partition coefficient (Wildman–Crippen LogP) is 2.07. The van der Waals surface area contributed by atoms with E-state index in [0.717, 1.165) is 38.8 Å². The monoisotopic (exact) mass is 236 g/mol. The van der Waals surface area contributed by atoms with Crippen molar-refractivity contribution in [1.82, 2.24) is 4.90 Å². The molecule has 1 heterocycles. The number of carbonyl (C=O) groups is 1. The molecule has 0 bridgehead atoms. The average molecular weight is 236 g/mol. The van der Waals surface area contributed by atoms with Gasteiger partial charge in [0, 0.05) is 13.1 Å². The smallest absolute Gasteiger partial charge is 0.242 e. The Morgan fingerprint density at radius 1 is 1.41 bits per heavy atom. The molecule has 1 aliphatic carbocycles. The van der Waals surface area contributed by atoms with E-state index in [1.807, 2.05) is 4.90 Å². The summed E-state index contributed by atoms with van der Waals surface area (Å²) >= 11 is 0. The van der Waals surface area contributed by atoms with Crippen LogP contribution in [0, 0.1) is 5.41 Å². The minimum atomic E-state index is -0.535. The first-order valence-electron chi connectivity index (χ1n) is 6.61. The van der Waals surface area contributed by atoms with Crippen molar-refractivity contribution in [2.24, 2.45) is 11.1 Å². The van der Waals surface area contributed by atoms with Gasteiger partial charge >= 0.3 is 0 Å². The van der Waals surface area contributed by atoms with E-state index in [1.165, 1.54) is 5.57 Å². The Kier molecular flexibility index (Phi) is 3.06. The van der Waals surface area contributed by atoms with E-state index in [-0.39, 0.29) is 11.3 Å². The molecule has 96 valence electrons. The van der Waals surface area contributed by atoms with Crippen LogP contribution in [-0.2, 0) is 4.79 Å². The van der Waals surface area contributed by atoms with Gasteiger partial charge in [0.25, 0.3) is 0 Å². The fraction of sp³-hybridized carbons (Fsp3) is 0.786. The quantitative estimate of drug-likeness (QED) is 0.708. The van der Waals surface area contributed by atoms with Crippen molar-refractivity contribution in [2.75, 3.05) is 13.1 Å². The molecule has 2 aliphatic rings. The van der Waals surface area contributed by atoms with Gasteiger partial charge in [0.2, 0.25) is 5.91 Å². The van der Waals surface area contributed by atoms with Crippen LogP contribution in [0.25, 0.3) is 0 Å². The van der Waals surface area contributed by atoms with Gasteiger partial charge in [-0.05, 0) is 31.1 Å². The maximum Gasteiger partial charge on any atom is 0.242 e. The molecule has 1 amide bonds. The van der Waals surface area contributed by atoms with Gasteiger partial charge in [0.15, 0.2) is 0 Å². The summed E-state index contributed by atoms with van der Waals surface area (Å²) in [4.78, 5) is 14.2. The molecule has 0 saturated heterocycles. The molecule has 3 heteroatoms. The van der Waals surface area contributed by atoms with Crippen molar-refractivity contribution in [3.8, 4) is 0 Å². The minimum Gasteiger partial charge on any atom is -0.337 e. The van der Waals surface area contributed by atoms with Crippen LogP contribution in [0.5, 0.6) is 0 Å². The van der Waals surface area contributed by atoms with Crippen molar-refractivity contribution >= 4 is 5.91 Å². The topological polar surface area (TPSA) is 46.3 Å². The lowest BCUT2D eigenvalue weighted by Crippen LogP contribution is -2.60. The Balaban J connectivity index is 1.99. The van der Waals surface area contributed by atoms with Gasteiger partial charge < -0.3 is 10.6 Å². The SMILES string of the molecule is CC(C)(C)C1=CCN(C(=O)C2(N)CCC2)CC1. The Morgan fingerprint density at radius 3 is 2.41 bits per heavy atom. The predicted molar refractivity (Wildman–Crippen MR) is 69.5 cm³/mol. The second-order valence-corrected chi connectivity index (χ2v) is 6.49. The molecule has 1 saturated carbocycles. The van der Waals surface area contributed by atoms with Gasteiger partial charge in [0.05, 0.1) is 5.54 Å². The van der Waals surface area contributed by atoms with Gasteiger partial charge in [-0.3, -0.25) is 4.79 Å². The van der Waals surface area contributed by atoms with Gasteiger partial charge in [-0.25, -0.2) is 0 Å². The molecule has 0 aromatic carbocycles. The molecule has 0 aromatic rings. The first kappa shape index (κ1) is 12.6. The number of nitrogens with zero attached hydrogens (tertiary/aromatic N) is 1. The second-order valence-electron chi connectivity index (χ2n) is 6.49. The molecule has 3 nitrogen and oxygen atoms in total. The zero-order valence-corrected chi connectivity index (χ0v) is 11.3. The van der Waals surface area contributed by atoms with Gasteiger partial charge in [0.1, 0.15) is 0 Å². The zero-order chi connectivity index (χ0) is 12.7. The average Bonchev–Trinajstić information content (AvgIpc) is 2.24. The first-order chi connectivity index (χ1) is 7.83. The van der Waals surface area contributed by atoms with Crippen LogP contribution in [0.4, 0.5) is 0 Å². The van der Waals surface area contributed by atoms with Crippen LogP contribution in [0.2, 0.25) is 0 Å². The Bertz CT molecular complexity index is 348. The number of carbonyl (C=O) groups excluding carboxylic acids is 1. The number of amides is 1. The molecular formula is C14H24N2O. The molecule has 0 aromatic heterocycles. The number of nitrogens with two attached hydrogens (primary N) is 1. The lowest BCUT2D eigenvalue weighted by molar-refractivity contribution is -0.139. The van der Waals surface area contributed by atoms with E-state index < -0.39 is 5.54 Å². The maximum absolute atomic E-state index is 12.2. The normalized spacial score (nSPS) is 24.0. The van der Waals surface area contributed by atoms with Crippen LogP contribution < -0.4 is 5.73 Å². The van der Waals surface area contributed by atoms with Crippen LogP contribution >= 0.6 is 0 Å². The van der Waals surface area contributed by atoms with Crippen molar-refractivity contribution in [3.05, 3.63) is 11.6 Å². The van der Waals surface area contributed by atoms with Crippen molar-refractivity contribution < 1.29 is 4.79 Å². The van der Waals surface area contributed by atoms with E-state index in [1.54, 1.807) is 0 Å². The summed E-state index contributed by atoms with van der Waals surface area (Å²) in [6, 6.07) is 0. The molecule has 2 rings (SSSR count). The summed E-state index contributed by atoms with van der Waals surface area (Å²) < 4.78 is 0. The Labute approximate surface area is 104 Å². The number of hydrogen-bond acceptors (Lipinski definition) is 2. The van der Waals surface area contributed by atoms with E-state index in [2.05, 4.69) is 26.8 Å². The van der Waals surface area contributed by atoms with Gasteiger partial charge in [-0.15, -0.1) is 0 Å². The van der Waals surface area contributed by atoms with E-state index in [9.17, 15) is 4.79 Å². The summed E-state index contributed by atoms with van der Waals surface area (Å²) in [5.41, 5.74) is 7.24. The molecule has 2 N–H and O–H groups in total. The minimum absolute atomic E-state index is 0.160. The van der Waals surface area contributed by atoms with E-state index in [0.29, 0.717) is 0 Å². The first-order valence-corrected chi connectivity index (χ1v) is 6.61. The lowest BCUT2D eigenvalue weighted by atomic mass is 9.76. The Morgan fingerprint density at radius 2 is 2.06 bits per heavy atom. The fourth-order valence-corrected chi connectivity index (χ4v) is 2.62. The highest BCUT2D eigenvalue weighted by atomic mass is 16.2. The standard InChI is InChI=1S/C14H24N2O/c1-13(2,3)11-5-9-16(10-6-11)12(17)14(15)7-4-8-14/h5H,4,6-10,15H2,1-3H3. The highest BCUT2D eigenvalue weighted by molar-refractivity contribution is 5.87. The molecule has 0 unspecified atom stereocenters. The Hall–Kier alpha value is -0.830. The second kappa shape index (κ2) is 4.13. The zero-order valence-electron chi connectivity index (χ0n) is 11.3. The van der Waals surface area contributed by atoms with Crippen LogP contribution in [0.3, 0.4) is 0 Å². The molecule has 1 aliphatic heterocycles. The van der Waals surface area contributed by atoms with Crippen LogP contribution in [-0.4, -0.2) is 29.4 Å². The molecule has 0 spiro atoms. The highest BCUT2D eigenvalue weighted by Gasteiger charge is 2.42. The number of hydrogen-bond donors (Lipinski definition) is 1. The largest absolute Gasteiger partial charge is 0.337 e. The van der Waals surface area contributed by atoms with Crippen molar-refractivity contribution in [1.29, 1.82) is 0 Å². The summed E-state index contributed by atoms with van der Waals surface area (Å²) in [5.74, 6) is 0.160. The molecule has 1 fully saturated rings.